The molecule has 2 aromatic rings. The number of hydrogen-bond acceptors (Lipinski definition) is 4. The van der Waals surface area contributed by atoms with Crippen LogP contribution >= 0.6 is 22.9 Å². The first-order valence-corrected chi connectivity index (χ1v) is 10.3. The Labute approximate surface area is 146 Å². The lowest BCUT2D eigenvalue weighted by Crippen LogP contribution is -2.37. The molecule has 0 bridgehead atoms. The fourth-order valence-electron chi connectivity index (χ4n) is 2.46. The van der Waals surface area contributed by atoms with Crippen LogP contribution in [0.3, 0.4) is 0 Å². The van der Waals surface area contributed by atoms with Crippen molar-refractivity contribution in [1.82, 2.24) is 4.31 Å². The van der Waals surface area contributed by atoms with Gasteiger partial charge in [0.15, 0.2) is 0 Å². The number of fused-ring (bicyclic) bond motifs is 1. The third-order valence-electron chi connectivity index (χ3n) is 3.79. The number of hydrogen-bond donors (Lipinski definition) is 1. The smallest absolute Gasteiger partial charge is 0.252 e. The van der Waals surface area contributed by atoms with Gasteiger partial charge in [-0.1, -0.05) is 25.4 Å². The molecule has 1 atom stereocenters. The second-order valence-corrected chi connectivity index (χ2v) is 9.20. The number of rotatable bonds is 7. The van der Waals surface area contributed by atoms with Crippen LogP contribution in [0.5, 0.6) is 0 Å². The third-order valence-corrected chi connectivity index (χ3v) is 7.76. The normalized spacial score (nSPS) is 13.8. The van der Waals surface area contributed by atoms with Gasteiger partial charge in [0.2, 0.25) is 0 Å². The van der Waals surface area contributed by atoms with Gasteiger partial charge in [-0.2, -0.15) is 4.31 Å². The summed E-state index contributed by atoms with van der Waals surface area (Å²) < 4.78 is 28.7. The Balaban J connectivity index is 2.50. The molecule has 128 valence electrons. The summed E-state index contributed by atoms with van der Waals surface area (Å²) in [5.41, 5.74) is 0.722. The summed E-state index contributed by atoms with van der Waals surface area (Å²) in [6.45, 7) is 6.10. The molecule has 1 N–H and O–H groups in total. The Bertz CT molecular complexity index is 786. The van der Waals surface area contributed by atoms with Gasteiger partial charge in [0, 0.05) is 22.8 Å². The molecule has 2 rings (SSSR count). The predicted molar refractivity (Wildman–Crippen MR) is 96.9 cm³/mol. The van der Waals surface area contributed by atoms with E-state index in [1.165, 1.54) is 15.6 Å². The molecule has 0 amide bonds. The molecule has 0 aliphatic heterocycles. The summed E-state index contributed by atoms with van der Waals surface area (Å²) in [7, 11) is -3.62. The van der Waals surface area contributed by atoms with Crippen LogP contribution < -0.4 is 0 Å². The molecule has 23 heavy (non-hydrogen) atoms. The van der Waals surface area contributed by atoms with Crippen LogP contribution in [0.2, 0.25) is 5.02 Å². The molecular formula is C16H22ClNO3S2. The van der Waals surface area contributed by atoms with E-state index < -0.39 is 16.1 Å². The summed E-state index contributed by atoms with van der Waals surface area (Å²) in [6, 6.07) is 5.41. The topological polar surface area (TPSA) is 57.6 Å². The van der Waals surface area contributed by atoms with Gasteiger partial charge in [-0.15, -0.1) is 11.3 Å². The van der Waals surface area contributed by atoms with Crippen LogP contribution in [0.15, 0.2) is 22.4 Å². The minimum atomic E-state index is -3.62. The van der Waals surface area contributed by atoms with E-state index in [0.717, 1.165) is 15.6 Å². The zero-order chi connectivity index (χ0) is 17.2. The van der Waals surface area contributed by atoms with E-state index in [-0.39, 0.29) is 6.54 Å². The monoisotopic (exact) mass is 375 g/mol. The number of benzene rings is 1. The number of nitrogens with zero attached hydrogens (tertiary/aromatic N) is 1. The fourth-order valence-corrected chi connectivity index (χ4v) is 6.08. The van der Waals surface area contributed by atoms with E-state index >= 15 is 0 Å². The van der Waals surface area contributed by atoms with Crippen molar-refractivity contribution in [3.05, 3.63) is 28.8 Å². The van der Waals surface area contributed by atoms with Crippen LogP contribution in [0.1, 0.15) is 32.3 Å². The Morgan fingerprint density at radius 3 is 2.65 bits per heavy atom. The standard InChI is InChI=1S/C16H22ClNO3S2/c1-4-8-18(10-13(19)5-2)23(20,21)16-11(3)14-9-12(17)6-7-15(14)22-16/h6-7,9,13,19H,4-5,8,10H2,1-3H3. The fraction of sp³-hybridized carbons (Fsp3) is 0.500. The maximum Gasteiger partial charge on any atom is 0.252 e. The summed E-state index contributed by atoms with van der Waals surface area (Å²) in [5, 5.41) is 11.4. The average Bonchev–Trinajstić information content (AvgIpc) is 2.84. The van der Waals surface area contributed by atoms with E-state index in [1.807, 2.05) is 26.8 Å². The van der Waals surface area contributed by atoms with Crippen molar-refractivity contribution in [3.8, 4) is 0 Å². The highest BCUT2D eigenvalue weighted by molar-refractivity contribution is 7.91. The number of halogens is 1. The molecule has 0 radical (unpaired) electrons. The third kappa shape index (κ3) is 3.88. The molecule has 0 saturated heterocycles. The highest BCUT2D eigenvalue weighted by Crippen LogP contribution is 2.37. The van der Waals surface area contributed by atoms with Crippen LogP contribution in [0, 0.1) is 6.92 Å². The summed E-state index contributed by atoms with van der Waals surface area (Å²) in [4.78, 5) is 0. The zero-order valence-electron chi connectivity index (χ0n) is 13.5. The second-order valence-electron chi connectivity index (χ2n) is 5.58. The molecule has 0 saturated carbocycles. The van der Waals surface area contributed by atoms with Crippen LogP contribution in [-0.2, 0) is 10.0 Å². The first-order chi connectivity index (χ1) is 10.8. The number of aliphatic hydroxyl groups excluding tert-OH is 1. The van der Waals surface area contributed by atoms with E-state index in [0.29, 0.717) is 28.6 Å². The van der Waals surface area contributed by atoms with Gasteiger partial charge in [0.05, 0.1) is 6.10 Å². The quantitative estimate of drug-likeness (QED) is 0.794. The largest absolute Gasteiger partial charge is 0.392 e. The van der Waals surface area contributed by atoms with Gasteiger partial charge in [0.25, 0.3) is 10.0 Å². The van der Waals surface area contributed by atoms with E-state index in [9.17, 15) is 13.5 Å². The predicted octanol–water partition coefficient (Wildman–Crippen LogP) is 4.03. The highest BCUT2D eigenvalue weighted by Gasteiger charge is 2.29. The first-order valence-electron chi connectivity index (χ1n) is 7.68. The molecule has 4 nitrogen and oxygen atoms in total. The van der Waals surface area contributed by atoms with Crippen molar-refractivity contribution in [3.63, 3.8) is 0 Å². The van der Waals surface area contributed by atoms with Gasteiger partial charge in [-0.05, 0) is 48.9 Å². The van der Waals surface area contributed by atoms with Gasteiger partial charge < -0.3 is 5.11 Å². The van der Waals surface area contributed by atoms with Crippen molar-refractivity contribution in [2.24, 2.45) is 0 Å². The van der Waals surface area contributed by atoms with Crippen LogP contribution in [0.4, 0.5) is 0 Å². The average molecular weight is 376 g/mol. The first kappa shape index (κ1) is 18.7. The maximum atomic E-state index is 13.0. The van der Waals surface area contributed by atoms with Gasteiger partial charge in [-0.3, -0.25) is 0 Å². The SMILES string of the molecule is CCCN(CC(O)CC)S(=O)(=O)c1sc2ccc(Cl)cc2c1C. The number of sulfonamides is 1. The van der Waals surface area contributed by atoms with Gasteiger partial charge in [-0.25, -0.2) is 8.42 Å². The summed E-state index contributed by atoms with van der Waals surface area (Å²) in [6.07, 6.45) is 0.572. The lowest BCUT2D eigenvalue weighted by Gasteiger charge is -2.23. The van der Waals surface area contributed by atoms with Gasteiger partial charge >= 0.3 is 0 Å². The van der Waals surface area contributed by atoms with Crippen molar-refractivity contribution in [1.29, 1.82) is 0 Å². The van der Waals surface area contributed by atoms with Crippen molar-refractivity contribution >= 4 is 43.0 Å². The van der Waals surface area contributed by atoms with Crippen LogP contribution in [0.25, 0.3) is 10.1 Å². The van der Waals surface area contributed by atoms with Crippen LogP contribution in [-0.4, -0.2) is 37.0 Å². The summed E-state index contributed by atoms with van der Waals surface area (Å²) >= 11 is 7.28. The number of aliphatic hydroxyl groups is 1. The Morgan fingerprint density at radius 1 is 1.35 bits per heavy atom. The molecule has 1 aromatic carbocycles. The van der Waals surface area contributed by atoms with Crippen molar-refractivity contribution < 1.29 is 13.5 Å². The summed E-state index contributed by atoms with van der Waals surface area (Å²) in [5.74, 6) is 0. The maximum absolute atomic E-state index is 13.0. The number of thiophene rings is 1. The number of aryl methyl sites for hydroxylation is 1. The van der Waals surface area contributed by atoms with Crippen molar-refractivity contribution in [2.75, 3.05) is 13.1 Å². The molecule has 7 heteroatoms. The molecular weight excluding hydrogens is 354 g/mol. The lowest BCUT2D eigenvalue weighted by molar-refractivity contribution is 0.142. The minimum absolute atomic E-state index is 0.126. The molecule has 1 unspecified atom stereocenters. The molecule has 0 spiro atoms. The molecule has 0 aliphatic carbocycles. The molecule has 1 heterocycles. The molecule has 1 aromatic heterocycles. The second kappa shape index (κ2) is 7.49. The Hall–Kier alpha value is -0.660. The molecule has 0 aliphatic rings. The van der Waals surface area contributed by atoms with Gasteiger partial charge in [0.1, 0.15) is 4.21 Å². The van der Waals surface area contributed by atoms with E-state index in [4.69, 9.17) is 11.6 Å². The molecule has 0 fully saturated rings. The highest BCUT2D eigenvalue weighted by atomic mass is 35.5. The zero-order valence-corrected chi connectivity index (χ0v) is 15.9. The Morgan fingerprint density at radius 2 is 2.04 bits per heavy atom. The minimum Gasteiger partial charge on any atom is -0.392 e. The van der Waals surface area contributed by atoms with E-state index in [1.54, 1.807) is 12.1 Å². The van der Waals surface area contributed by atoms with E-state index in [2.05, 4.69) is 0 Å². The Kier molecular flexibility index (Phi) is 6.08. The lowest BCUT2D eigenvalue weighted by atomic mass is 10.2. The van der Waals surface area contributed by atoms with Crippen molar-refractivity contribution in [2.45, 2.75) is 43.9 Å².